The van der Waals surface area contributed by atoms with Crippen molar-refractivity contribution in [3.8, 4) is 0 Å². The van der Waals surface area contributed by atoms with E-state index < -0.39 is 0 Å². The van der Waals surface area contributed by atoms with Crippen LogP contribution in [0.5, 0.6) is 0 Å². The monoisotopic (exact) mass is 184 g/mol. The minimum absolute atomic E-state index is 0.0104. The second-order valence-electron chi connectivity index (χ2n) is 3.21. The van der Waals surface area contributed by atoms with Crippen LogP contribution in [0, 0.1) is 11.8 Å². The van der Waals surface area contributed by atoms with Crippen molar-refractivity contribution in [3.05, 3.63) is 11.0 Å². The van der Waals surface area contributed by atoms with Crippen LogP contribution in [-0.4, -0.2) is 17.8 Å². The summed E-state index contributed by atoms with van der Waals surface area (Å²) in [4.78, 5) is 12.6. The van der Waals surface area contributed by atoms with Gasteiger partial charge < -0.3 is 4.74 Å². The molecule has 12 heavy (non-hydrogen) atoms. The van der Waals surface area contributed by atoms with Gasteiger partial charge in [-0.3, -0.25) is 4.79 Å². The molecule has 1 saturated carbocycles. The van der Waals surface area contributed by atoms with Crippen molar-refractivity contribution in [1.29, 1.82) is 0 Å². The SMILES string of the molecule is CCOC(=O)[C@@H]1[C@H]2C=C(C)S[C@H]21. The smallest absolute Gasteiger partial charge is 0.310 e. The molecule has 3 atom stereocenters. The van der Waals surface area contributed by atoms with Crippen LogP contribution in [0.4, 0.5) is 0 Å². The van der Waals surface area contributed by atoms with Gasteiger partial charge in [-0.15, -0.1) is 11.8 Å². The quantitative estimate of drug-likeness (QED) is 0.612. The first kappa shape index (κ1) is 8.17. The van der Waals surface area contributed by atoms with E-state index in [9.17, 15) is 4.79 Å². The van der Waals surface area contributed by atoms with Gasteiger partial charge in [0.05, 0.1) is 12.5 Å². The Morgan fingerprint density at radius 2 is 2.50 bits per heavy atom. The van der Waals surface area contributed by atoms with Gasteiger partial charge >= 0.3 is 5.97 Å². The summed E-state index contributed by atoms with van der Waals surface area (Å²) in [5, 5.41) is 0.504. The molecule has 0 spiro atoms. The Morgan fingerprint density at radius 1 is 1.75 bits per heavy atom. The van der Waals surface area contributed by atoms with E-state index in [1.165, 1.54) is 4.91 Å². The molecule has 1 fully saturated rings. The number of esters is 1. The van der Waals surface area contributed by atoms with Gasteiger partial charge in [-0.1, -0.05) is 6.08 Å². The zero-order valence-corrected chi connectivity index (χ0v) is 8.06. The van der Waals surface area contributed by atoms with Gasteiger partial charge in [0.1, 0.15) is 0 Å². The minimum Gasteiger partial charge on any atom is -0.466 e. The maximum atomic E-state index is 11.3. The Labute approximate surface area is 76.4 Å². The first-order chi connectivity index (χ1) is 5.74. The fraction of sp³-hybridized carbons (Fsp3) is 0.667. The van der Waals surface area contributed by atoms with E-state index in [1.807, 2.05) is 18.7 Å². The van der Waals surface area contributed by atoms with E-state index in [-0.39, 0.29) is 11.9 Å². The van der Waals surface area contributed by atoms with Gasteiger partial charge in [0.25, 0.3) is 0 Å². The van der Waals surface area contributed by atoms with Gasteiger partial charge in [0.2, 0.25) is 0 Å². The molecule has 0 aromatic rings. The van der Waals surface area contributed by atoms with Crippen molar-refractivity contribution < 1.29 is 9.53 Å². The van der Waals surface area contributed by atoms with E-state index in [4.69, 9.17) is 4.74 Å². The third kappa shape index (κ3) is 1.16. The van der Waals surface area contributed by atoms with Gasteiger partial charge in [0.15, 0.2) is 0 Å². The normalized spacial score (nSPS) is 37.2. The van der Waals surface area contributed by atoms with Gasteiger partial charge in [-0.2, -0.15) is 0 Å². The van der Waals surface area contributed by atoms with Gasteiger partial charge in [-0.05, 0) is 18.8 Å². The van der Waals surface area contributed by atoms with Crippen LogP contribution >= 0.6 is 11.8 Å². The number of thioether (sulfide) groups is 1. The Bertz CT molecular complexity index is 247. The Balaban J connectivity index is 1.92. The minimum atomic E-state index is -0.0104. The maximum absolute atomic E-state index is 11.3. The van der Waals surface area contributed by atoms with Crippen molar-refractivity contribution in [2.45, 2.75) is 19.1 Å². The predicted octanol–water partition coefficient (Wildman–Crippen LogP) is 1.81. The molecule has 0 saturated heterocycles. The average Bonchev–Trinajstić information content (AvgIpc) is 2.51. The number of carbonyl (C=O) groups excluding carboxylic acids is 1. The number of hydrogen-bond acceptors (Lipinski definition) is 3. The number of rotatable bonds is 2. The Kier molecular flexibility index (Phi) is 1.91. The Morgan fingerprint density at radius 3 is 3.00 bits per heavy atom. The van der Waals surface area contributed by atoms with Crippen molar-refractivity contribution >= 4 is 17.7 Å². The van der Waals surface area contributed by atoms with E-state index in [2.05, 4.69) is 13.0 Å². The molecule has 1 aliphatic carbocycles. The average molecular weight is 184 g/mol. The zero-order chi connectivity index (χ0) is 8.72. The van der Waals surface area contributed by atoms with Crippen LogP contribution in [-0.2, 0) is 9.53 Å². The molecule has 1 aliphatic heterocycles. The standard InChI is InChI=1S/C9H12O2S/c1-3-11-9(10)7-6-4-5(2)12-8(6)7/h4,6-8H,3H2,1-2H3/t6-,7-,8-/m1/s1. The summed E-state index contributed by atoms with van der Waals surface area (Å²) in [7, 11) is 0. The topological polar surface area (TPSA) is 26.3 Å². The highest BCUT2D eigenvalue weighted by Gasteiger charge is 2.57. The summed E-state index contributed by atoms with van der Waals surface area (Å²) in [5.74, 6) is 0.636. The van der Waals surface area contributed by atoms with Crippen LogP contribution in [0.15, 0.2) is 11.0 Å². The summed E-state index contributed by atoms with van der Waals surface area (Å²) >= 11 is 1.82. The number of ether oxygens (including phenoxy) is 1. The number of allylic oxidation sites excluding steroid dienone is 2. The summed E-state index contributed by atoms with van der Waals surface area (Å²) in [6.45, 7) is 4.45. The first-order valence-corrected chi connectivity index (χ1v) is 5.13. The summed E-state index contributed by atoms with van der Waals surface area (Å²) in [6.07, 6.45) is 2.19. The maximum Gasteiger partial charge on any atom is 0.310 e. The molecule has 0 radical (unpaired) electrons. The molecule has 1 heterocycles. The van der Waals surface area contributed by atoms with Crippen molar-refractivity contribution in [3.63, 3.8) is 0 Å². The molecular weight excluding hydrogens is 172 g/mol. The molecule has 0 aromatic carbocycles. The van der Waals surface area contributed by atoms with E-state index in [1.54, 1.807) is 0 Å². The van der Waals surface area contributed by atoms with Gasteiger partial charge in [-0.25, -0.2) is 0 Å². The van der Waals surface area contributed by atoms with Crippen molar-refractivity contribution in [1.82, 2.24) is 0 Å². The molecule has 2 nitrogen and oxygen atoms in total. The number of hydrogen-bond donors (Lipinski definition) is 0. The second-order valence-corrected chi connectivity index (χ2v) is 4.64. The summed E-state index contributed by atoms with van der Waals surface area (Å²) in [6, 6.07) is 0. The summed E-state index contributed by atoms with van der Waals surface area (Å²) in [5.41, 5.74) is 0. The third-order valence-electron chi connectivity index (χ3n) is 2.31. The zero-order valence-electron chi connectivity index (χ0n) is 7.24. The molecule has 0 N–H and O–H groups in total. The number of carbonyl (C=O) groups is 1. The van der Waals surface area contributed by atoms with Crippen molar-refractivity contribution in [2.75, 3.05) is 6.61 Å². The largest absolute Gasteiger partial charge is 0.466 e. The molecule has 0 unspecified atom stereocenters. The highest BCUT2D eigenvalue weighted by atomic mass is 32.2. The van der Waals surface area contributed by atoms with E-state index in [0.29, 0.717) is 17.8 Å². The molecule has 3 heteroatoms. The molecule has 0 aromatic heterocycles. The van der Waals surface area contributed by atoms with E-state index >= 15 is 0 Å². The molecule has 66 valence electrons. The van der Waals surface area contributed by atoms with Crippen LogP contribution in [0.25, 0.3) is 0 Å². The lowest BCUT2D eigenvalue weighted by Crippen LogP contribution is -2.09. The lowest BCUT2D eigenvalue weighted by Gasteiger charge is -2.01. The molecular formula is C9H12O2S. The lowest BCUT2D eigenvalue weighted by atomic mass is 10.3. The van der Waals surface area contributed by atoms with Gasteiger partial charge in [0, 0.05) is 11.2 Å². The Hall–Kier alpha value is -0.440. The highest BCUT2D eigenvalue weighted by Crippen LogP contribution is 2.57. The predicted molar refractivity (Wildman–Crippen MR) is 48.7 cm³/mol. The van der Waals surface area contributed by atoms with Crippen LogP contribution < -0.4 is 0 Å². The van der Waals surface area contributed by atoms with E-state index in [0.717, 1.165) is 0 Å². The molecule has 0 amide bonds. The lowest BCUT2D eigenvalue weighted by molar-refractivity contribution is -0.144. The van der Waals surface area contributed by atoms with Crippen LogP contribution in [0.2, 0.25) is 0 Å². The second kappa shape index (κ2) is 2.80. The first-order valence-electron chi connectivity index (χ1n) is 4.25. The molecule has 2 rings (SSSR count). The fourth-order valence-corrected chi connectivity index (χ4v) is 3.13. The molecule has 2 aliphatic rings. The number of fused-ring (bicyclic) bond motifs is 1. The summed E-state index contributed by atoms with van der Waals surface area (Å²) < 4.78 is 4.96. The fourth-order valence-electron chi connectivity index (χ4n) is 1.71. The van der Waals surface area contributed by atoms with Crippen LogP contribution in [0.1, 0.15) is 13.8 Å². The highest BCUT2D eigenvalue weighted by molar-refractivity contribution is 8.04. The third-order valence-corrected chi connectivity index (χ3v) is 3.70. The van der Waals surface area contributed by atoms with Crippen LogP contribution in [0.3, 0.4) is 0 Å². The van der Waals surface area contributed by atoms with Crippen molar-refractivity contribution in [2.24, 2.45) is 11.8 Å². The molecule has 0 bridgehead atoms.